The minimum absolute atomic E-state index is 0.0490. The number of hydrogen-bond acceptors (Lipinski definition) is 3. The van der Waals surface area contributed by atoms with Crippen molar-refractivity contribution in [3.8, 4) is 11.5 Å². The van der Waals surface area contributed by atoms with Crippen LogP contribution in [0, 0.1) is 0 Å². The Labute approximate surface area is 101 Å². The first-order valence-electron chi connectivity index (χ1n) is 4.94. The molecule has 0 spiro atoms. The Morgan fingerprint density at radius 1 is 1.39 bits per heavy atom. The molecule has 0 aromatic heterocycles. The summed E-state index contributed by atoms with van der Waals surface area (Å²) >= 11 is 0. The molecule has 4 nitrogen and oxygen atoms in total. The van der Waals surface area contributed by atoms with Crippen LogP contribution in [0.1, 0.15) is 17.5 Å². The lowest BCUT2D eigenvalue weighted by Crippen LogP contribution is -2.07. The van der Waals surface area contributed by atoms with Gasteiger partial charge in [-0.25, -0.2) is 0 Å². The van der Waals surface area contributed by atoms with Crippen LogP contribution >= 0.6 is 0 Å². The van der Waals surface area contributed by atoms with Crippen LogP contribution in [0.2, 0.25) is 0 Å². The van der Waals surface area contributed by atoms with E-state index in [1.165, 1.54) is 0 Å². The first-order valence-corrected chi connectivity index (χ1v) is 4.94. The summed E-state index contributed by atoms with van der Waals surface area (Å²) in [5.41, 5.74) is -0.996. The van der Waals surface area contributed by atoms with Crippen LogP contribution in [0.25, 0.3) is 0 Å². The number of carboxylic acid groups (broad SMARTS) is 1. The lowest BCUT2D eigenvalue weighted by Gasteiger charge is -2.14. The van der Waals surface area contributed by atoms with Gasteiger partial charge in [-0.3, -0.25) is 4.79 Å². The highest BCUT2D eigenvalue weighted by Gasteiger charge is 2.32. The summed E-state index contributed by atoms with van der Waals surface area (Å²) < 4.78 is 42.1. The summed E-state index contributed by atoms with van der Waals surface area (Å²) in [6.45, 7) is 0. The topological polar surface area (TPSA) is 66.8 Å². The number of aliphatic carboxylic acids is 1. The average molecular weight is 264 g/mol. The summed E-state index contributed by atoms with van der Waals surface area (Å²) in [6, 6.07) is 1.29. The van der Waals surface area contributed by atoms with Gasteiger partial charge in [0.15, 0.2) is 0 Å². The molecule has 0 aliphatic heterocycles. The molecule has 0 radical (unpaired) electrons. The van der Waals surface area contributed by atoms with Crippen molar-refractivity contribution in [2.45, 2.75) is 19.0 Å². The Morgan fingerprint density at radius 3 is 2.44 bits per heavy atom. The van der Waals surface area contributed by atoms with Gasteiger partial charge in [0.25, 0.3) is 0 Å². The predicted octanol–water partition coefficient (Wildman–Crippen LogP) is 2.44. The van der Waals surface area contributed by atoms with Crippen LogP contribution in [0.3, 0.4) is 0 Å². The molecule has 100 valence electrons. The van der Waals surface area contributed by atoms with Gasteiger partial charge in [-0.1, -0.05) is 0 Å². The van der Waals surface area contributed by atoms with E-state index in [2.05, 4.69) is 0 Å². The van der Waals surface area contributed by atoms with Crippen molar-refractivity contribution >= 4 is 5.97 Å². The average Bonchev–Trinajstić information content (AvgIpc) is 2.24. The van der Waals surface area contributed by atoms with Gasteiger partial charge in [-0.15, -0.1) is 0 Å². The molecule has 0 saturated carbocycles. The normalized spacial score (nSPS) is 11.3. The number of carboxylic acids is 1. The first-order chi connectivity index (χ1) is 8.25. The molecule has 0 aliphatic rings. The number of halogens is 3. The van der Waals surface area contributed by atoms with E-state index in [9.17, 15) is 23.1 Å². The quantitative estimate of drug-likeness (QED) is 0.876. The Kier molecular flexibility index (Phi) is 4.05. The monoisotopic (exact) mass is 264 g/mol. The van der Waals surface area contributed by atoms with Crippen LogP contribution in [0.5, 0.6) is 11.5 Å². The molecule has 18 heavy (non-hydrogen) atoms. The van der Waals surface area contributed by atoms with Crippen molar-refractivity contribution in [1.29, 1.82) is 0 Å². The van der Waals surface area contributed by atoms with Gasteiger partial charge in [-0.05, 0) is 18.6 Å². The standard InChI is InChI=1S/C11H11F3O4/c1-18-9-5-6(11(12,13)14)4-8(15)7(9)2-3-10(16)17/h4-5,15H,2-3H2,1H3,(H,16,17). The molecule has 7 heteroatoms. The number of ether oxygens (including phenoxy) is 1. The zero-order chi connectivity index (χ0) is 13.9. The van der Waals surface area contributed by atoms with Crippen molar-refractivity contribution < 1.29 is 32.9 Å². The number of alkyl halides is 3. The lowest BCUT2D eigenvalue weighted by molar-refractivity contribution is -0.138. The highest BCUT2D eigenvalue weighted by Crippen LogP contribution is 2.38. The van der Waals surface area contributed by atoms with Gasteiger partial charge in [-0.2, -0.15) is 13.2 Å². The second-order valence-corrected chi connectivity index (χ2v) is 3.57. The Hall–Kier alpha value is -1.92. The molecule has 1 aromatic carbocycles. The first kappa shape index (κ1) is 14.1. The number of rotatable bonds is 4. The number of phenolic OH excluding ortho intramolecular Hbond substituents is 1. The zero-order valence-electron chi connectivity index (χ0n) is 9.41. The third kappa shape index (κ3) is 3.28. The van der Waals surface area contributed by atoms with Crippen molar-refractivity contribution in [1.82, 2.24) is 0 Å². The summed E-state index contributed by atoms with van der Waals surface area (Å²) in [7, 11) is 1.15. The van der Waals surface area contributed by atoms with Gasteiger partial charge in [0, 0.05) is 12.0 Å². The second kappa shape index (κ2) is 5.16. The van der Waals surface area contributed by atoms with Gasteiger partial charge in [0.1, 0.15) is 11.5 Å². The van der Waals surface area contributed by atoms with E-state index in [-0.39, 0.29) is 24.2 Å². The van der Waals surface area contributed by atoms with E-state index in [0.29, 0.717) is 6.07 Å². The number of hydrogen-bond donors (Lipinski definition) is 2. The van der Waals surface area contributed by atoms with Crippen molar-refractivity contribution in [2.24, 2.45) is 0 Å². The number of aromatic hydroxyl groups is 1. The number of carbonyl (C=O) groups is 1. The summed E-state index contributed by atoms with van der Waals surface area (Å²) in [5.74, 6) is -1.91. The third-order valence-corrected chi connectivity index (χ3v) is 2.32. The van der Waals surface area contributed by atoms with Crippen LogP contribution in [0.15, 0.2) is 12.1 Å². The second-order valence-electron chi connectivity index (χ2n) is 3.57. The third-order valence-electron chi connectivity index (χ3n) is 2.32. The highest BCUT2D eigenvalue weighted by molar-refractivity contribution is 5.67. The van der Waals surface area contributed by atoms with E-state index < -0.39 is 23.5 Å². The zero-order valence-corrected chi connectivity index (χ0v) is 9.41. The fraction of sp³-hybridized carbons (Fsp3) is 0.364. The maximum absolute atomic E-state index is 12.5. The summed E-state index contributed by atoms with van der Waals surface area (Å²) in [6.07, 6.45) is -5.02. The molecular formula is C11H11F3O4. The van der Waals surface area contributed by atoms with Crippen LogP contribution in [0.4, 0.5) is 13.2 Å². The van der Waals surface area contributed by atoms with Gasteiger partial charge < -0.3 is 14.9 Å². The predicted molar refractivity (Wildman–Crippen MR) is 55.6 cm³/mol. The fourth-order valence-corrected chi connectivity index (χ4v) is 1.46. The minimum Gasteiger partial charge on any atom is -0.508 e. The fourth-order valence-electron chi connectivity index (χ4n) is 1.46. The molecule has 0 heterocycles. The molecule has 2 N–H and O–H groups in total. The summed E-state index contributed by atoms with van der Waals surface area (Å²) in [5, 5.41) is 18.0. The molecule has 0 bridgehead atoms. The van der Waals surface area contributed by atoms with E-state index in [4.69, 9.17) is 9.84 Å². The SMILES string of the molecule is COc1cc(C(F)(F)F)cc(O)c1CCC(=O)O. The Morgan fingerprint density at radius 2 is 2.00 bits per heavy atom. The number of methoxy groups -OCH3 is 1. The maximum Gasteiger partial charge on any atom is 0.416 e. The van der Waals surface area contributed by atoms with E-state index in [0.717, 1.165) is 13.2 Å². The molecule has 0 unspecified atom stereocenters. The number of phenols is 1. The molecule has 0 amide bonds. The van der Waals surface area contributed by atoms with Crippen LogP contribution in [-0.2, 0) is 17.4 Å². The van der Waals surface area contributed by atoms with Gasteiger partial charge in [0.05, 0.1) is 12.7 Å². The maximum atomic E-state index is 12.5. The van der Waals surface area contributed by atoms with Crippen LogP contribution in [-0.4, -0.2) is 23.3 Å². The Balaban J connectivity index is 3.16. The summed E-state index contributed by atoms with van der Waals surface area (Å²) in [4.78, 5) is 10.4. The lowest BCUT2D eigenvalue weighted by atomic mass is 10.0. The number of benzene rings is 1. The Bertz CT molecular complexity index is 454. The molecular weight excluding hydrogens is 253 g/mol. The van der Waals surface area contributed by atoms with Crippen molar-refractivity contribution in [2.75, 3.05) is 7.11 Å². The largest absolute Gasteiger partial charge is 0.508 e. The smallest absolute Gasteiger partial charge is 0.416 e. The van der Waals surface area contributed by atoms with Crippen LogP contribution < -0.4 is 4.74 Å². The minimum atomic E-state index is -4.60. The van der Waals surface area contributed by atoms with E-state index in [1.54, 1.807) is 0 Å². The highest BCUT2D eigenvalue weighted by atomic mass is 19.4. The molecule has 0 atom stereocenters. The molecule has 1 rings (SSSR count). The van der Waals surface area contributed by atoms with Crippen molar-refractivity contribution in [3.05, 3.63) is 23.3 Å². The molecule has 0 fully saturated rings. The van der Waals surface area contributed by atoms with E-state index >= 15 is 0 Å². The van der Waals surface area contributed by atoms with Gasteiger partial charge in [0.2, 0.25) is 0 Å². The molecule has 0 saturated heterocycles. The van der Waals surface area contributed by atoms with Crippen molar-refractivity contribution in [3.63, 3.8) is 0 Å². The van der Waals surface area contributed by atoms with E-state index in [1.807, 2.05) is 0 Å². The molecule has 0 aliphatic carbocycles. The molecule has 1 aromatic rings. The van der Waals surface area contributed by atoms with Gasteiger partial charge >= 0.3 is 12.1 Å².